The monoisotopic (exact) mass is 366 g/mol. The van der Waals surface area contributed by atoms with Crippen LogP contribution in [-0.2, 0) is 4.79 Å². The highest BCUT2D eigenvalue weighted by Gasteiger charge is 2.25. The fourth-order valence-corrected chi connectivity index (χ4v) is 2.90. The van der Waals surface area contributed by atoms with Gasteiger partial charge in [-0.2, -0.15) is 5.26 Å². The van der Waals surface area contributed by atoms with Crippen LogP contribution in [0.3, 0.4) is 0 Å². The summed E-state index contributed by atoms with van der Waals surface area (Å²) in [7, 11) is 0. The van der Waals surface area contributed by atoms with E-state index in [1.165, 1.54) is 0 Å². The number of nitrogens with zero attached hydrogens (tertiary/aromatic N) is 2. The molecular weight excluding hydrogens is 344 g/mol. The van der Waals surface area contributed by atoms with Crippen molar-refractivity contribution >= 4 is 5.91 Å². The van der Waals surface area contributed by atoms with Gasteiger partial charge in [-0.1, -0.05) is 31.2 Å². The second-order valence-electron chi connectivity index (χ2n) is 6.23. The molecule has 0 N–H and O–H groups in total. The lowest BCUT2D eigenvalue weighted by Crippen LogP contribution is -2.45. The molecule has 0 radical (unpaired) electrons. The second-order valence-corrected chi connectivity index (χ2v) is 6.23. The summed E-state index contributed by atoms with van der Waals surface area (Å²) in [5, 5.41) is 9.12. The van der Waals surface area contributed by atoms with Crippen LogP contribution in [-0.4, -0.2) is 43.2 Å². The molecular formula is C21H22N2O4. The lowest BCUT2D eigenvalue weighted by molar-refractivity contribution is -0.135. The molecule has 0 saturated carbocycles. The molecule has 0 aromatic heterocycles. The van der Waals surface area contributed by atoms with Gasteiger partial charge in [0.25, 0.3) is 5.91 Å². The van der Waals surface area contributed by atoms with E-state index in [2.05, 4.69) is 6.07 Å². The number of hydrogen-bond donors (Lipinski definition) is 0. The van der Waals surface area contributed by atoms with Crippen LogP contribution in [0.4, 0.5) is 0 Å². The lowest BCUT2D eigenvalue weighted by atomic mass is 10.2. The van der Waals surface area contributed by atoms with E-state index in [9.17, 15) is 4.79 Å². The van der Waals surface area contributed by atoms with Gasteiger partial charge in [0.15, 0.2) is 24.2 Å². The molecule has 1 unspecified atom stereocenters. The van der Waals surface area contributed by atoms with E-state index in [1.807, 2.05) is 31.2 Å². The van der Waals surface area contributed by atoms with Crippen molar-refractivity contribution in [3.63, 3.8) is 0 Å². The predicted molar refractivity (Wildman–Crippen MR) is 99.9 cm³/mol. The molecule has 1 heterocycles. The minimum Gasteiger partial charge on any atom is -0.486 e. The Morgan fingerprint density at radius 1 is 1.22 bits per heavy atom. The number of nitriles is 1. The molecule has 1 amide bonds. The first-order valence-electron chi connectivity index (χ1n) is 8.99. The fourth-order valence-electron chi connectivity index (χ4n) is 2.90. The van der Waals surface area contributed by atoms with E-state index in [-0.39, 0.29) is 18.6 Å². The Bertz CT molecular complexity index is 831. The number of para-hydroxylation sites is 3. The van der Waals surface area contributed by atoms with Crippen molar-refractivity contribution < 1.29 is 19.0 Å². The van der Waals surface area contributed by atoms with E-state index in [4.69, 9.17) is 19.5 Å². The average Bonchev–Trinajstić information content (AvgIpc) is 2.71. The van der Waals surface area contributed by atoms with Crippen molar-refractivity contribution in [1.82, 2.24) is 4.90 Å². The second kappa shape index (κ2) is 8.95. The molecule has 140 valence electrons. The summed E-state index contributed by atoms with van der Waals surface area (Å²) in [5.41, 5.74) is 0.410. The zero-order chi connectivity index (χ0) is 19.1. The number of ether oxygens (including phenoxy) is 3. The topological polar surface area (TPSA) is 71.8 Å². The van der Waals surface area contributed by atoms with Crippen molar-refractivity contribution in [2.75, 3.05) is 26.3 Å². The molecule has 0 aliphatic carbocycles. The number of hydrogen-bond acceptors (Lipinski definition) is 5. The van der Waals surface area contributed by atoms with Crippen LogP contribution in [0.25, 0.3) is 0 Å². The number of rotatable bonds is 7. The Kier molecular flexibility index (Phi) is 6.16. The van der Waals surface area contributed by atoms with Gasteiger partial charge in [-0.3, -0.25) is 4.79 Å². The molecule has 6 heteroatoms. The molecule has 2 aromatic carbocycles. The van der Waals surface area contributed by atoms with E-state index in [0.29, 0.717) is 36.8 Å². The lowest BCUT2D eigenvalue weighted by Gasteiger charge is -2.31. The summed E-state index contributed by atoms with van der Waals surface area (Å²) >= 11 is 0. The molecule has 1 aliphatic rings. The van der Waals surface area contributed by atoms with Gasteiger partial charge in [0.2, 0.25) is 0 Å². The highest BCUT2D eigenvalue weighted by molar-refractivity contribution is 5.78. The minimum atomic E-state index is -0.234. The zero-order valence-corrected chi connectivity index (χ0v) is 15.3. The van der Waals surface area contributed by atoms with Crippen LogP contribution in [0.15, 0.2) is 48.5 Å². The molecule has 0 spiro atoms. The quantitative estimate of drug-likeness (QED) is 0.753. The van der Waals surface area contributed by atoms with E-state index in [1.54, 1.807) is 29.2 Å². The molecule has 6 nitrogen and oxygen atoms in total. The first-order valence-corrected chi connectivity index (χ1v) is 8.99. The van der Waals surface area contributed by atoms with Crippen LogP contribution in [0.1, 0.15) is 18.9 Å². The zero-order valence-electron chi connectivity index (χ0n) is 15.3. The first kappa shape index (κ1) is 18.6. The third-order valence-electron chi connectivity index (χ3n) is 4.20. The van der Waals surface area contributed by atoms with Gasteiger partial charge in [-0.25, -0.2) is 0 Å². The minimum absolute atomic E-state index is 0.122. The van der Waals surface area contributed by atoms with Crippen LogP contribution in [0.5, 0.6) is 17.2 Å². The first-order chi connectivity index (χ1) is 13.2. The van der Waals surface area contributed by atoms with Crippen LogP contribution in [0, 0.1) is 11.3 Å². The Balaban J connectivity index is 1.60. The molecule has 27 heavy (non-hydrogen) atoms. The number of fused-ring (bicyclic) bond motifs is 1. The molecule has 0 saturated heterocycles. The van der Waals surface area contributed by atoms with E-state index >= 15 is 0 Å². The smallest absolute Gasteiger partial charge is 0.260 e. The van der Waals surface area contributed by atoms with Crippen LogP contribution in [0.2, 0.25) is 0 Å². The van der Waals surface area contributed by atoms with Crippen LogP contribution < -0.4 is 14.2 Å². The molecule has 2 aromatic rings. The SMILES string of the molecule is CCCN(CC1COc2ccccc2O1)C(=O)COc1ccccc1C#N. The van der Waals surface area contributed by atoms with Gasteiger partial charge < -0.3 is 19.1 Å². The number of carbonyl (C=O) groups excluding carboxylic acids is 1. The number of carbonyl (C=O) groups is 1. The summed E-state index contributed by atoms with van der Waals surface area (Å²) in [6.45, 7) is 3.30. The van der Waals surface area contributed by atoms with Gasteiger partial charge in [0.1, 0.15) is 18.4 Å². The Labute approximate surface area is 158 Å². The van der Waals surface area contributed by atoms with Crippen molar-refractivity contribution in [2.24, 2.45) is 0 Å². The summed E-state index contributed by atoms with van der Waals surface area (Å²) < 4.78 is 17.3. The fraction of sp³-hybridized carbons (Fsp3) is 0.333. The van der Waals surface area contributed by atoms with Crippen molar-refractivity contribution in [1.29, 1.82) is 5.26 Å². The number of benzene rings is 2. The molecule has 0 fully saturated rings. The Morgan fingerprint density at radius 3 is 2.74 bits per heavy atom. The normalized spacial score (nSPS) is 14.9. The highest BCUT2D eigenvalue weighted by atomic mass is 16.6. The number of amides is 1. The van der Waals surface area contributed by atoms with Crippen molar-refractivity contribution in [3.05, 3.63) is 54.1 Å². The molecule has 1 aliphatic heterocycles. The van der Waals surface area contributed by atoms with Gasteiger partial charge in [-0.15, -0.1) is 0 Å². The summed E-state index contributed by atoms with van der Waals surface area (Å²) in [4.78, 5) is 14.4. The maximum atomic E-state index is 12.6. The summed E-state index contributed by atoms with van der Waals surface area (Å²) in [6.07, 6.45) is 0.590. The van der Waals surface area contributed by atoms with Gasteiger partial charge in [0, 0.05) is 6.54 Å². The van der Waals surface area contributed by atoms with E-state index in [0.717, 1.165) is 12.2 Å². The standard InChI is InChI=1S/C21H22N2O4/c1-2-11-23(13-17-14-25-19-9-5-6-10-20(19)27-17)21(24)15-26-18-8-4-3-7-16(18)12-22/h3-10,17H,2,11,13-15H2,1H3. The largest absolute Gasteiger partial charge is 0.486 e. The summed E-state index contributed by atoms with van der Waals surface area (Å²) in [5.74, 6) is 1.68. The summed E-state index contributed by atoms with van der Waals surface area (Å²) in [6, 6.07) is 16.4. The third-order valence-corrected chi connectivity index (χ3v) is 4.20. The van der Waals surface area contributed by atoms with E-state index < -0.39 is 0 Å². The Hall–Kier alpha value is -3.20. The van der Waals surface area contributed by atoms with Crippen molar-refractivity contribution in [2.45, 2.75) is 19.4 Å². The maximum absolute atomic E-state index is 12.6. The molecule has 3 rings (SSSR count). The molecule has 0 bridgehead atoms. The Morgan fingerprint density at radius 2 is 1.96 bits per heavy atom. The van der Waals surface area contributed by atoms with Gasteiger partial charge in [0.05, 0.1) is 12.1 Å². The van der Waals surface area contributed by atoms with Crippen molar-refractivity contribution in [3.8, 4) is 23.3 Å². The van der Waals surface area contributed by atoms with Gasteiger partial charge >= 0.3 is 0 Å². The highest BCUT2D eigenvalue weighted by Crippen LogP contribution is 2.31. The van der Waals surface area contributed by atoms with Crippen LogP contribution >= 0.6 is 0 Å². The maximum Gasteiger partial charge on any atom is 0.260 e. The average molecular weight is 366 g/mol. The van der Waals surface area contributed by atoms with Gasteiger partial charge in [-0.05, 0) is 30.7 Å². The molecule has 1 atom stereocenters. The third kappa shape index (κ3) is 4.70. The predicted octanol–water partition coefficient (Wildman–Crippen LogP) is 3.02.